The highest BCUT2D eigenvalue weighted by Gasteiger charge is 2.07. The van der Waals surface area contributed by atoms with Gasteiger partial charge in [0.2, 0.25) is 0 Å². The number of rotatable bonds is 6. The van der Waals surface area contributed by atoms with E-state index in [1.165, 1.54) is 0 Å². The molecule has 2 amide bonds. The van der Waals surface area contributed by atoms with Gasteiger partial charge in [0.25, 0.3) is 11.8 Å². The first-order valence-corrected chi connectivity index (χ1v) is 6.24. The minimum absolute atomic E-state index is 0.106. The first-order chi connectivity index (χ1) is 8.99. The van der Waals surface area contributed by atoms with Crippen molar-refractivity contribution in [3.05, 3.63) is 35.4 Å². The SMILES string of the molecule is Cc1ccc(C(=O)NCC(=O)NOCC(C)C)cc1. The van der Waals surface area contributed by atoms with Crippen molar-refractivity contribution in [3.63, 3.8) is 0 Å². The highest BCUT2D eigenvalue weighted by Crippen LogP contribution is 2.02. The van der Waals surface area contributed by atoms with E-state index < -0.39 is 0 Å². The smallest absolute Gasteiger partial charge is 0.262 e. The lowest BCUT2D eigenvalue weighted by atomic mass is 10.1. The Bertz CT molecular complexity index is 427. The molecule has 1 aromatic rings. The van der Waals surface area contributed by atoms with Gasteiger partial charge in [-0.05, 0) is 25.0 Å². The minimum atomic E-state index is -0.374. The van der Waals surface area contributed by atoms with Crippen molar-refractivity contribution in [2.75, 3.05) is 13.2 Å². The predicted molar refractivity (Wildman–Crippen MR) is 72.4 cm³/mol. The zero-order valence-electron chi connectivity index (χ0n) is 11.5. The molecule has 5 nitrogen and oxygen atoms in total. The van der Waals surface area contributed by atoms with Crippen LogP contribution in [0.5, 0.6) is 0 Å². The number of carbonyl (C=O) groups is 2. The molecule has 0 aliphatic rings. The molecule has 1 aromatic carbocycles. The molecule has 0 fully saturated rings. The Balaban J connectivity index is 2.30. The number of aryl methyl sites for hydroxylation is 1. The largest absolute Gasteiger partial charge is 0.343 e. The first-order valence-electron chi connectivity index (χ1n) is 6.24. The number of benzene rings is 1. The maximum atomic E-state index is 11.7. The van der Waals surface area contributed by atoms with Crippen LogP contribution in [0.1, 0.15) is 29.8 Å². The van der Waals surface area contributed by atoms with Crippen LogP contribution in [0.3, 0.4) is 0 Å². The quantitative estimate of drug-likeness (QED) is 0.764. The summed E-state index contributed by atoms with van der Waals surface area (Å²) in [6, 6.07) is 7.14. The molecule has 0 saturated heterocycles. The lowest BCUT2D eigenvalue weighted by molar-refractivity contribution is -0.133. The Morgan fingerprint density at radius 2 is 1.84 bits per heavy atom. The third-order valence-electron chi connectivity index (χ3n) is 2.33. The molecule has 0 aliphatic heterocycles. The maximum absolute atomic E-state index is 11.7. The lowest BCUT2D eigenvalue weighted by Crippen LogP contribution is -2.37. The van der Waals surface area contributed by atoms with Crippen LogP contribution in [-0.4, -0.2) is 25.0 Å². The van der Waals surface area contributed by atoms with Crippen molar-refractivity contribution in [1.82, 2.24) is 10.8 Å². The minimum Gasteiger partial charge on any atom is -0.343 e. The summed E-state index contributed by atoms with van der Waals surface area (Å²) >= 11 is 0. The molecule has 0 unspecified atom stereocenters. The summed E-state index contributed by atoms with van der Waals surface area (Å²) in [5, 5.41) is 2.53. The summed E-state index contributed by atoms with van der Waals surface area (Å²) in [5.41, 5.74) is 3.89. The zero-order valence-corrected chi connectivity index (χ0v) is 11.5. The van der Waals surface area contributed by atoms with Gasteiger partial charge >= 0.3 is 0 Å². The van der Waals surface area contributed by atoms with Crippen molar-refractivity contribution < 1.29 is 14.4 Å². The Morgan fingerprint density at radius 1 is 1.21 bits per heavy atom. The van der Waals surface area contributed by atoms with E-state index in [2.05, 4.69) is 10.8 Å². The Hall–Kier alpha value is -1.88. The second-order valence-corrected chi connectivity index (χ2v) is 4.78. The number of hydroxylamine groups is 1. The third-order valence-corrected chi connectivity index (χ3v) is 2.33. The molecule has 5 heteroatoms. The molecular formula is C14H20N2O3. The average molecular weight is 264 g/mol. The van der Waals surface area contributed by atoms with Crippen LogP contribution >= 0.6 is 0 Å². The van der Waals surface area contributed by atoms with Crippen molar-refractivity contribution in [2.24, 2.45) is 5.92 Å². The van der Waals surface area contributed by atoms with Crippen LogP contribution in [0.2, 0.25) is 0 Å². The van der Waals surface area contributed by atoms with Gasteiger partial charge in [-0.15, -0.1) is 0 Å². The van der Waals surface area contributed by atoms with E-state index in [1.807, 2.05) is 32.9 Å². The maximum Gasteiger partial charge on any atom is 0.262 e. The van der Waals surface area contributed by atoms with Crippen LogP contribution in [0.4, 0.5) is 0 Å². The van der Waals surface area contributed by atoms with E-state index in [9.17, 15) is 9.59 Å². The predicted octanol–water partition coefficient (Wildman–Crippen LogP) is 1.43. The van der Waals surface area contributed by atoms with Crippen LogP contribution < -0.4 is 10.8 Å². The third kappa shape index (κ3) is 6.01. The second-order valence-electron chi connectivity index (χ2n) is 4.78. The molecule has 2 N–H and O–H groups in total. The number of hydrogen-bond donors (Lipinski definition) is 2. The van der Waals surface area contributed by atoms with Crippen molar-refractivity contribution in [2.45, 2.75) is 20.8 Å². The molecular weight excluding hydrogens is 244 g/mol. The van der Waals surface area contributed by atoms with E-state index in [0.29, 0.717) is 18.1 Å². The summed E-state index contributed by atoms with van der Waals surface area (Å²) in [5.74, 6) is -0.317. The molecule has 19 heavy (non-hydrogen) atoms. The molecule has 0 spiro atoms. The van der Waals surface area contributed by atoms with Gasteiger partial charge in [-0.2, -0.15) is 0 Å². The number of carbonyl (C=O) groups excluding carboxylic acids is 2. The van der Waals surface area contributed by atoms with Gasteiger partial charge in [-0.3, -0.25) is 14.4 Å². The van der Waals surface area contributed by atoms with Crippen LogP contribution in [0.25, 0.3) is 0 Å². The Kier molecular flexibility index (Phi) is 6.02. The number of nitrogens with one attached hydrogen (secondary N) is 2. The van der Waals surface area contributed by atoms with Gasteiger partial charge < -0.3 is 5.32 Å². The number of amides is 2. The van der Waals surface area contributed by atoms with Crippen molar-refractivity contribution >= 4 is 11.8 Å². The van der Waals surface area contributed by atoms with Crippen LogP contribution in [-0.2, 0) is 9.63 Å². The highest BCUT2D eigenvalue weighted by atomic mass is 16.6. The fraction of sp³-hybridized carbons (Fsp3) is 0.429. The molecule has 0 aliphatic carbocycles. The molecule has 0 aromatic heterocycles. The number of hydrogen-bond acceptors (Lipinski definition) is 3. The topological polar surface area (TPSA) is 67.4 Å². The molecule has 1 rings (SSSR count). The first kappa shape index (κ1) is 15.2. The molecule has 0 atom stereocenters. The van der Waals surface area contributed by atoms with E-state index >= 15 is 0 Å². The van der Waals surface area contributed by atoms with Crippen molar-refractivity contribution in [1.29, 1.82) is 0 Å². The summed E-state index contributed by atoms with van der Waals surface area (Å²) in [7, 11) is 0. The van der Waals surface area contributed by atoms with Gasteiger partial charge in [0.05, 0.1) is 13.2 Å². The summed E-state index contributed by atoms with van der Waals surface area (Å²) in [4.78, 5) is 28.0. The van der Waals surface area contributed by atoms with E-state index in [4.69, 9.17) is 4.84 Å². The van der Waals surface area contributed by atoms with Gasteiger partial charge in [-0.25, -0.2) is 5.48 Å². The Labute approximate surface area is 113 Å². The van der Waals surface area contributed by atoms with Crippen LogP contribution in [0.15, 0.2) is 24.3 Å². The summed E-state index contributed by atoms with van der Waals surface area (Å²) in [6.07, 6.45) is 0. The summed E-state index contributed by atoms with van der Waals surface area (Å²) in [6.45, 7) is 6.24. The van der Waals surface area contributed by atoms with E-state index in [1.54, 1.807) is 12.1 Å². The fourth-order valence-corrected chi connectivity index (χ4v) is 1.29. The Morgan fingerprint density at radius 3 is 2.42 bits per heavy atom. The molecule has 0 heterocycles. The normalized spacial score (nSPS) is 10.3. The summed E-state index contributed by atoms with van der Waals surface area (Å²) < 4.78 is 0. The average Bonchev–Trinajstić information content (AvgIpc) is 2.36. The molecule has 104 valence electrons. The lowest BCUT2D eigenvalue weighted by Gasteiger charge is -2.08. The van der Waals surface area contributed by atoms with Crippen molar-refractivity contribution in [3.8, 4) is 0 Å². The van der Waals surface area contributed by atoms with Crippen LogP contribution in [0, 0.1) is 12.8 Å². The van der Waals surface area contributed by atoms with E-state index in [-0.39, 0.29) is 18.4 Å². The van der Waals surface area contributed by atoms with Gasteiger partial charge in [0.1, 0.15) is 0 Å². The highest BCUT2D eigenvalue weighted by molar-refractivity contribution is 5.96. The molecule has 0 bridgehead atoms. The second kappa shape index (κ2) is 7.53. The van der Waals surface area contributed by atoms with Gasteiger partial charge in [-0.1, -0.05) is 31.5 Å². The fourth-order valence-electron chi connectivity index (χ4n) is 1.29. The van der Waals surface area contributed by atoms with E-state index in [0.717, 1.165) is 5.56 Å². The monoisotopic (exact) mass is 264 g/mol. The standard InChI is InChI=1S/C14H20N2O3/c1-10(2)9-19-16-13(17)8-15-14(18)12-6-4-11(3)5-7-12/h4-7,10H,8-9H2,1-3H3,(H,15,18)(H,16,17). The van der Waals surface area contributed by atoms with Gasteiger partial charge in [0, 0.05) is 5.56 Å². The zero-order chi connectivity index (χ0) is 14.3. The molecule has 0 saturated carbocycles. The molecule has 0 radical (unpaired) electrons. The van der Waals surface area contributed by atoms with Gasteiger partial charge in [0.15, 0.2) is 0 Å².